The Kier molecular flexibility index (Phi) is 1.98. The van der Waals surface area contributed by atoms with Crippen molar-refractivity contribution >= 4 is 27.7 Å². The van der Waals surface area contributed by atoms with Crippen LogP contribution in [0.4, 0.5) is 0 Å². The Morgan fingerprint density at radius 3 is 3.18 bits per heavy atom. The number of fused-ring (bicyclic) bond motifs is 1. The summed E-state index contributed by atoms with van der Waals surface area (Å²) in [5.74, 6) is 0. The molecule has 0 fully saturated rings. The molecule has 2 rings (SSSR count). The molecular formula is C9H9BrS. The van der Waals surface area contributed by atoms with Gasteiger partial charge in [-0.05, 0) is 30.2 Å². The van der Waals surface area contributed by atoms with Crippen LogP contribution < -0.4 is 0 Å². The number of thioether (sulfide) groups is 1. The maximum atomic E-state index is 3.48. The molecule has 0 bridgehead atoms. The highest BCUT2D eigenvalue weighted by atomic mass is 79.9. The molecule has 1 heterocycles. The summed E-state index contributed by atoms with van der Waals surface area (Å²) < 4.78 is 1.20. The summed E-state index contributed by atoms with van der Waals surface area (Å²) >= 11 is 5.45. The van der Waals surface area contributed by atoms with Gasteiger partial charge in [0.15, 0.2) is 0 Å². The van der Waals surface area contributed by atoms with Gasteiger partial charge >= 0.3 is 0 Å². The van der Waals surface area contributed by atoms with Crippen LogP contribution in [0.5, 0.6) is 0 Å². The summed E-state index contributed by atoms with van der Waals surface area (Å²) in [6, 6.07) is 6.54. The maximum absolute atomic E-state index is 3.48. The van der Waals surface area contributed by atoms with Crippen molar-refractivity contribution in [3.8, 4) is 0 Å². The van der Waals surface area contributed by atoms with Crippen molar-refractivity contribution in [2.24, 2.45) is 0 Å². The molecule has 1 aliphatic heterocycles. The molecule has 0 saturated carbocycles. The average molecular weight is 229 g/mol. The lowest BCUT2D eigenvalue weighted by Crippen LogP contribution is -1.90. The zero-order valence-electron chi connectivity index (χ0n) is 6.30. The van der Waals surface area contributed by atoms with E-state index in [1.165, 1.54) is 21.4 Å². The van der Waals surface area contributed by atoms with Crippen LogP contribution >= 0.6 is 27.7 Å². The van der Waals surface area contributed by atoms with E-state index >= 15 is 0 Å². The summed E-state index contributed by atoms with van der Waals surface area (Å²) in [6.07, 6.45) is 1.22. The smallest absolute Gasteiger partial charge is 0.0178 e. The largest absolute Gasteiger partial charge is 0.122 e. The number of hydrogen-bond donors (Lipinski definition) is 0. The van der Waals surface area contributed by atoms with Crippen LogP contribution in [0.2, 0.25) is 0 Å². The predicted octanol–water partition coefficient (Wildman–Crippen LogP) is 3.49. The minimum atomic E-state index is 0.763. The first kappa shape index (κ1) is 7.69. The molecule has 1 aliphatic rings. The lowest BCUT2D eigenvalue weighted by atomic mass is 10.1. The van der Waals surface area contributed by atoms with Gasteiger partial charge in [0, 0.05) is 14.6 Å². The van der Waals surface area contributed by atoms with Gasteiger partial charge in [0.25, 0.3) is 0 Å². The molecule has 0 radical (unpaired) electrons. The molecule has 1 unspecified atom stereocenters. The predicted molar refractivity (Wildman–Crippen MR) is 53.2 cm³/mol. The van der Waals surface area contributed by atoms with Gasteiger partial charge in [0.2, 0.25) is 0 Å². The Labute approximate surface area is 79.5 Å². The van der Waals surface area contributed by atoms with E-state index in [2.05, 4.69) is 41.1 Å². The van der Waals surface area contributed by atoms with Gasteiger partial charge < -0.3 is 0 Å². The van der Waals surface area contributed by atoms with Crippen LogP contribution in [0, 0.1) is 0 Å². The van der Waals surface area contributed by atoms with Crippen molar-refractivity contribution in [3.63, 3.8) is 0 Å². The topological polar surface area (TPSA) is 0 Å². The molecule has 0 amide bonds. The van der Waals surface area contributed by atoms with Gasteiger partial charge in [-0.1, -0.05) is 22.9 Å². The summed E-state index contributed by atoms with van der Waals surface area (Å²) in [5.41, 5.74) is 1.50. The Bertz CT molecular complexity index is 283. The average Bonchev–Trinajstić information content (AvgIpc) is 2.27. The fraction of sp³-hybridized carbons (Fsp3) is 0.333. The zero-order chi connectivity index (χ0) is 7.84. The molecule has 1 aromatic rings. The zero-order valence-corrected chi connectivity index (χ0v) is 8.71. The van der Waals surface area contributed by atoms with Crippen LogP contribution in [-0.4, -0.2) is 5.25 Å². The number of halogens is 1. The molecule has 0 spiro atoms. The van der Waals surface area contributed by atoms with Gasteiger partial charge in [-0.25, -0.2) is 0 Å². The standard InChI is InChI=1S/C9H9BrS/c1-6-4-7-5-8(10)2-3-9(7)11-6/h2-3,5-6H,4H2,1H3. The molecule has 0 N–H and O–H groups in total. The summed E-state index contributed by atoms with van der Waals surface area (Å²) in [4.78, 5) is 1.46. The van der Waals surface area contributed by atoms with Crippen LogP contribution in [0.3, 0.4) is 0 Å². The van der Waals surface area contributed by atoms with E-state index in [0.29, 0.717) is 0 Å². The fourth-order valence-electron chi connectivity index (χ4n) is 1.39. The van der Waals surface area contributed by atoms with Crippen molar-refractivity contribution in [2.75, 3.05) is 0 Å². The Morgan fingerprint density at radius 2 is 2.36 bits per heavy atom. The second kappa shape index (κ2) is 2.83. The maximum Gasteiger partial charge on any atom is 0.0178 e. The Morgan fingerprint density at radius 1 is 1.55 bits per heavy atom. The third kappa shape index (κ3) is 1.47. The van der Waals surface area contributed by atoms with E-state index in [9.17, 15) is 0 Å². The first-order valence-electron chi connectivity index (χ1n) is 3.71. The fourth-order valence-corrected chi connectivity index (χ4v) is 2.94. The number of hydrogen-bond acceptors (Lipinski definition) is 1. The lowest BCUT2D eigenvalue weighted by Gasteiger charge is -1.96. The van der Waals surface area contributed by atoms with Crippen LogP contribution in [0.25, 0.3) is 0 Å². The van der Waals surface area contributed by atoms with E-state index in [0.717, 1.165) is 5.25 Å². The van der Waals surface area contributed by atoms with Crippen molar-refractivity contribution in [3.05, 3.63) is 28.2 Å². The van der Waals surface area contributed by atoms with Crippen molar-refractivity contribution < 1.29 is 0 Å². The quantitative estimate of drug-likeness (QED) is 0.656. The molecule has 0 saturated heterocycles. The van der Waals surface area contributed by atoms with Gasteiger partial charge in [0.1, 0.15) is 0 Å². The molecular weight excluding hydrogens is 220 g/mol. The number of rotatable bonds is 0. The highest BCUT2D eigenvalue weighted by Crippen LogP contribution is 2.37. The molecule has 58 valence electrons. The highest BCUT2D eigenvalue weighted by molar-refractivity contribution is 9.10. The first-order chi connectivity index (χ1) is 5.25. The van der Waals surface area contributed by atoms with E-state index in [4.69, 9.17) is 0 Å². The minimum absolute atomic E-state index is 0.763. The highest BCUT2D eigenvalue weighted by Gasteiger charge is 2.17. The van der Waals surface area contributed by atoms with Gasteiger partial charge in [-0.15, -0.1) is 11.8 Å². The molecule has 2 heteroatoms. The molecule has 0 aromatic heterocycles. The molecule has 1 aromatic carbocycles. The molecule has 11 heavy (non-hydrogen) atoms. The van der Waals surface area contributed by atoms with Crippen molar-refractivity contribution in [1.29, 1.82) is 0 Å². The second-order valence-corrected chi connectivity index (χ2v) is 5.28. The van der Waals surface area contributed by atoms with Crippen molar-refractivity contribution in [2.45, 2.75) is 23.5 Å². The number of benzene rings is 1. The monoisotopic (exact) mass is 228 g/mol. The van der Waals surface area contributed by atoms with E-state index < -0.39 is 0 Å². The van der Waals surface area contributed by atoms with E-state index in [1.54, 1.807) is 0 Å². The SMILES string of the molecule is CC1Cc2cc(Br)ccc2S1. The molecule has 1 atom stereocenters. The Hall–Kier alpha value is 0.0500. The minimum Gasteiger partial charge on any atom is -0.122 e. The molecule has 0 nitrogen and oxygen atoms in total. The summed E-state index contributed by atoms with van der Waals surface area (Å²) in [5, 5.41) is 0.763. The second-order valence-electron chi connectivity index (χ2n) is 2.88. The van der Waals surface area contributed by atoms with Crippen LogP contribution in [0.1, 0.15) is 12.5 Å². The van der Waals surface area contributed by atoms with E-state index in [-0.39, 0.29) is 0 Å². The van der Waals surface area contributed by atoms with Gasteiger partial charge in [0.05, 0.1) is 0 Å². The Balaban J connectivity index is 2.43. The summed E-state index contributed by atoms with van der Waals surface area (Å²) in [7, 11) is 0. The normalized spacial score (nSPS) is 21.8. The van der Waals surface area contributed by atoms with Crippen LogP contribution in [-0.2, 0) is 6.42 Å². The van der Waals surface area contributed by atoms with Gasteiger partial charge in [-0.2, -0.15) is 0 Å². The van der Waals surface area contributed by atoms with Crippen LogP contribution in [0.15, 0.2) is 27.6 Å². The summed E-state index contributed by atoms with van der Waals surface area (Å²) in [6.45, 7) is 2.28. The first-order valence-corrected chi connectivity index (χ1v) is 5.38. The third-order valence-electron chi connectivity index (χ3n) is 1.86. The van der Waals surface area contributed by atoms with E-state index in [1.807, 2.05) is 11.8 Å². The lowest BCUT2D eigenvalue weighted by molar-refractivity contribution is 0.959. The molecule has 0 aliphatic carbocycles. The third-order valence-corrected chi connectivity index (χ3v) is 3.57. The van der Waals surface area contributed by atoms with Crippen molar-refractivity contribution in [1.82, 2.24) is 0 Å². The van der Waals surface area contributed by atoms with Gasteiger partial charge in [-0.3, -0.25) is 0 Å².